The molecule has 0 aromatic heterocycles. The van der Waals surface area contributed by atoms with E-state index < -0.39 is 11.7 Å². The first-order valence-electron chi connectivity index (χ1n) is 5.50. The summed E-state index contributed by atoms with van der Waals surface area (Å²) in [5.41, 5.74) is -1.31. The third kappa shape index (κ3) is 3.35. The van der Waals surface area contributed by atoms with Crippen LogP contribution in [0.15, 0.2) is 52.3 Å². The van der Waals surface area contributed by atoms with Crippen LogP contribution in [0.1, 0.15) is 15.9 Å². The first-order valence-corrected chi connectivity index (χ1v) is 6.70. The van der Waals surface area contributed by atoms with E-state index in [0.717, 1.165) is 23.9 Å². The number of rotatable bonds is 3. The van der Waals surface area contributed by atoms with Gasteiger partial charge < -0.3 is 0 Å². The first-order chi connectivity index (χ1) is 9.41. The second kappa shape index (κ2) is 5.89. The van der Waals surface area contributed by atoms with Crippen LogP contribution in [0, 0.1) is 0 Å². The summed E-state index contributed by atoms with van der Waals surface area (Å²) in [6.07, 6.45) is -4.36. The quantitative estimate of drug-likeness (QED) is 0.713. The van der Waals surface area contributed by atoms with Crippen molar-refractivity contribution in [3.63, 3.8) is 0 Å². The minimum absolute atomic E-state index is 0.201. The standard InChI is InChI=1S/C14H8ClF3OS/c15-12-3-1-2-4-13(12)20-10-6-5-9(8-19)11(7-10)14(16,17)18/h1-8H. The summed E-state index contributed by atoms with van der Waals surface area (Å²) >= 11 is 7.08. The number of benzene rings is 2. The van der Waals surface area contributed by atoms with Gasteiger partial charge in [0, 0.05) is 15.4 Å². The molecule has 0 amide bonds. The Bertz CT molecular complexity index is 641. The lowest BCUT2D eigenvalue weighted by atomic mass is 10.1. The van der Waals surface area contributed by atoms with Gasteiger partial charge >= 0.3 is 6.18 Å². The molecular weight excluding hydrogens is 309 g/mol. The van der Waals surface area contributed by atoms with E-state index in [2.05, 4.69) is 0 Å². The topological polar surface area (TPSA) is 17.1 Å². The molecule has 1 nitrogen and oxygen atoms in total. The molecule has 0 aliphatic rings. The molecule has 2 rings (SSSR count). The second-order valence-corrected chi connectivity index (χ2v) is 5.42. The predicted octanol–water partition coefficient (Wildman–Crippen LogP) is 5.32. The van der Waals surface area contributed by atoms with Gasteiger partial charge in [0.05, 0.1) is 10.6 Å². The van der Waals surface area contributed by atoms with Crippen LogP contribution < -0.4 is 0 Å². The molecule has 104 valence electrons. The molecule has 0 saturated heterocycles. The van der Waals surface area contributed by atoms with Gasteiger partial charge in [0.2, 0.25) is 0 Å². The zero-order valence-electron chi connectivity index (χ0n) is 9.95. The minimum atomic E-state index is -4.56. The van der Waals surface area contributed by atoms with Gasteiger partial charge in [-0.05, 0) is 30.3 Å². The van der Waals surface area contributed by atoms with Gasteiger partial charge in [-0.3, -0.25) is 4.79 Å². The number of hydrogen-bond donors (Lipinski definition) is 0. The zero-order chi connectivity index (χ0) is 14.8. The Morgan fingerprint density at radius 1 is 1.10 bits per heavy atom. The summed E-state index contributed by atoms with van der Waals surface area (Å²) in [6.45, 7) is 0. The highest BCUT2D eigenvalue weighted by Gasteiger charge is 2.33. The summed E-state index contributed by atoms with van der Waals surface area (Å²) in [7, 11) is 0. The Hall–Kier alpha value is -1.46. The van der Waals surface area contributed by atoms with Gasteiger partial charge in [0.1, 0.15) is 0 Å². The summed E-state index contributed by atoms with van der Waals surface area (Å²) in [4.78, 5) is 11.7. The summed E-state index contributed by atoms with van der Waals surface area (Å²) in [5, 5.41) is 0.463. The molecular formula is C14H8ClF3OS. The molecule has 2 aromatic carbocycles. The fraction of sp³-hybridized carbons (Fsp3) is 0.0714. The maximum Gasteiger partial charge on any atom is 0.417 e. The van der Waals surface area contributed by atoms with Crippen LogP contribution in [0.5, 0.6) is 0 Å². The molecule has 6 heteroatoms. The van der Waals surface area contributed by atoms with Crippen LogP contribution in [-0.2, 0) is 6.18 Å². The number of aldehydes is 1. The van der Waals surface area contributed by atoms with Gasteiger partial charge in [-0.25, -0.2) is 0 Å². The number of hydrogen-bond acceptors (Lipinski definition) is 2. The third-order valence-electron chi connectivity index (χ3n) is 2.52. The lowest BCUT2D eigenvalue weighted by Gasteiger charge is -2.11. The van der Waals surface area contributed by atoms with Gasteiger partial charge in [-0.1, -0.05) is 35.5 Å². The average molecular weight is 317 g/mol. The maximum absolute atomic E-state index is 12.8. The Balaban J connectivity index is 2.40. The molecule has 2 aromatic rings. The minimum Gasteiger partial charge on any atom is -0.298 e. The molecule has 0 atom stereocenters. The van der Waals surface area contributed by atoms with Crippen LogP contribution in [0.25, 0.3) is 0 Å². The van der Waals surface area contributed by atoms with E-state index in [-0.39, 0.29) is 11.8 Å². The van der Waals surface area contributed by atoms with E-state index in [1.54, 1.807) is 24.3 Å². The van der Waals surface area contributed by atoms with Crippen molar-refractivity contribution in [3.05, 3.63) is 58.6 Å². The number of halogens is 4. The molecule has 0 heterocycles. The Morgan fingerprint density at radius 3 is 2.40 bits per heavy atom. The Morgan fingerprint density at radius 2 is 1.80 bits per heavy atom. The largest absolute Gasteiger partial charge is 0.417 e. The van der Waals surface area contributed by atoms with E-state index in [1.807, 2.05) is 0 Å². The summed E-state index contributed by atoms with van der Waals surface area (Å²) < 4.78 is 38.5. The van der Waals surface area contributed by atoms with Crippen LogP contribution in [-0.4, -0.2) is 6.29 Å². The highest BCUT2D eigenvalue weighted by molar-refractivity contribution is 7.99. The molecule has 0 bridgehead atoms. The lowest BCUT2D eigenvalue weighted by molar-refractivity contribution is -0.138. The highest BCUT2D eigenvalue weighted by Crippen LogP contribution is 2.38. The SMILES string of the molecule is O=Cc1ccc(Sc2ccccc2Cl)cc1C(F)(F)F. The number of alkyl halides is 3. The van der Waals surface area contributed by atoms with E-state index in [0.29, 0.717) is 14.8 Å². The van der Waals surface area contributed by atoms with Crippen molar-refractivity contribution in [2.24, 2.45) is 0 Å². The third-order valence-corrected chi connectivity index (χ3v) is 4.03. The fourth-order valence-corrected chi connectivity index (χ4v) is 2.73. The van der Waals surface area contributed by atoms with Gasteiger partial charge in [-0.2, -0.15) is 13.2 Å². The Kier molecular flexibility index (Phi) is 4.40. The monoisotopic (exact) mass is 316 g/mol. The molecule has 0 aliphatic heterocycles. The van der Waals surface area contributed by atoms with Crippen molar-refractivity contribution >= 4 is 29.6 Å². The van der Waals surface area contributed by atoms with Crippen LogP contribution in [0.4, 0.5) is 13.2 Å². The molecule has 0 aliphatic carbocycles. The molecule has 0 fully saturated rings. The van der Waals surface area contributed by atoms with E-state index in [4.69, 9.17) is 11.6 Å². The average Bonchev–Trinajstić information content (AvgIpc) is 2.40. The van der Waals surface area contributed by atoms with Crippen LogP contribution in [0.2, 0.25) is 5.02 Å². The van der Waals surface area contributed by atoms with Crippen LogP contribution >= 0.6 is 23.4 Å². The van der Waals surface area contributed by atoms with Gasteiger partial charge in [0.25, 0.3) is 0 Å². The fourth-order valence-electron chi connectivity index (χ4n) is 1.60. The highest BCUT2D eigenvalue weighted by atomic mass is 35.5. The maximum atomic E-state index is 12.8. The zero-order valence-corrected chi connectivity index (χ0v) is 11.5. The second-order valence-electron chi connectivity index (χ2n) is 3.90. The van der Waals surface area contributed by atoms with E-state index in [1.165, 1.54) is 6.07 Å². The summed E-state index contributed by atoms with van der Waals surface area (Å²) in [6, 6.07) is 10.4. The van der Waals surface area contributed by atoms with Gasteiger partial charge in [-0.15, -0.1) is 0 Å². The van der Waals surface area contributed by atoms with Crippen molar-refractivity contribution < 1.29 is 18.0 Å². The smallest absolute Gasteiger partial charge is 0.298 e. The van der Waals surface area contributed by atoms with Gasteiger partial charge in [0.15, 0.2) is 6.29 Å². The Labute approximate surface area is 122 Å². The predicted molar refractivity (Wildman–Crippen MR) is 72.4 cm³/mol. The molecule has 0 spiro atoms. The molecule has 0 unspecified atom stereocenters. The van der Waals surface area contributed by atoms with Crippen molar-refractivity contribution in [1.82, 2.24) is 0 Å². The number of carbonyl (C=O) groups excluding carboxylic acids is 1. The molecule has 20 heavy (non-hydrogen) atoms. The van der Waals surface area contributed by atoms with Crippen LogP contribution in [0.3, 0.4) is 0 Å². The molecule has 0 N–H and O–H groups in total. The van der Waals surface area contributed by atoms with E-state index in [9.17, 15) is 18.0 Å². The first kappa shape index (κ1) is 14.9. The van der Waals surface area contributed by atoms with E-state index >= 15 is 0 Å². The van der Waals surface area contributed by atoms with Crippen molar-refractivity contribution in [2.45, 2.75) is 16.0 Å². The molecule has 0 saturated carbocycles. The lowest BCUT2D eigenvalue weighted by Crippen LogP contribution is -2.08. The normalized spacial score (nSPS) is 11.4. The number of carbonyl (C=O) groups is 1. The molecule has 0 radical (unpaired) electrons. The van der Waals surface area contributed by atoms with Crippen molar-refractivity contribution in [3.8, 4) is 0 Å². The van der Waals surface area contributed by atoms with Crippen molar-refractivity contribution in [1.29, 1.82) is 0 Å². The summed E-state index contributed by atoms with van der Waals surface area (Å²) in [5.74, 6) is 0. The van der Waals surface area contributed by atoms with Crippen molar-refractivity contribution in [2.75, 3.05) is 0 Å².